The van der Waals surface area contributed by atoms with Gasteiger partial charge in [-0.1, -0.05) is 12.1 Å². The number of aromatic nitrogens is 4. The molecule has 0 aliphatic rings. The van der Waals surface area contributed by atoms with Crippen molar-refractivity contribution >= 4 is 5.91 Å². The Morgan fingerprint density at radius 3 is 2.94 bits per heavy atom. The standard InChI is InChI=1S/C11H14N6O/c12-6-3-7-13-11(18)9-4-1-2-5-10(9)17-8-14-15-16-17/h1-2,4-5,8H,3,6-7,12H2,(H,13,18). The predicted molar refractivity (Wildman–Crippen MR) is 65.2 cm³/mol. The first kappa shape index (κ1) is 12.2. The number of hydrogen-bond acceptors (Lipinski definition) is 5. The lowest BCUT2D eigenvalue weighted by molar-refractivity contribution is 0.0953. The molecule has 0 spiro atoms. The monoisotopic (exact) mass is 246 g/mol. The number of nitrogens with two attached hydrogens (primary N) is 1. The largest absolute Gasteiger partial charge is 0.352 e. The van der Waals surface area contributed by atoms with Crippen molar-refractivity contribution < 1.29 is 4.79 Å². The molecule has 0 aliphatic carbocycles. The molecule has 1 aromatic heterocycles. The van der Waals surface area contributed by atoms with Crippen molar-refractivity contribution in [2.75, 3.05) is 13.1 Å². The third-order valence-corrected chi connectivity index (χ3v) is 2.41. The van der Waals surface area contributed by atoms with E-state index >= 15 is 0 Å². The van der Waals surface area contributed by atoms with Gasteiger partial charge in [0, 0.05) is 6.54 Å². The number of amides is 1. The van der Waals surface area contributed by atoms with Crippen LogP contribution in [-0.4, -0.2) is 39.2 Å². The molecule has 0 saturated carbocycles. The number of benzene rings is 1. The van der Waals surface area contributed by atoms with Crippen molar-refractivity contribution in [3.63, 3.8) is 0 Å². The number of carbonyl (C=O) groups excluding carboxylic acids is 1. The maximum atomic E-state index is 12.0. The zero-order valence-electron chi connectivity index (χ0n) is 9.78. The molecule has 1 amide bonds. The maximum Gasteiger partial charge on any atom is 0.253 e. The fourth-order valence-corrected chi connectivity index (χ4v) is 1.54. The molecule has 0 bridgehead atoms. The number of nitrogens with zero attached hydrogens (tertiary/aromatic N) is 4. The van der Waals surface area contributed by atoms with Crippen molar-refractivity contribution in [1.82, 2.24) is 25.5 Å². The number of para-hydroxylation sites is 1. The fourth-order valence-electron chi connectivity index (χ4n) is 1.54. The Morgan fingerprint density at radius 2 is 2.22 bits per heavy atom. The summed E-state index contributed by atoms with van der Waals surface area (Å²) in [6, 6.07) is 7.14. The minimum atomic E-state index is -0.158. The lowest BCUT2D eigenvalue weighted by atomic mass is 10.1. The number of nitrogens with one attached hydrogen (secondary N) is 1. The highest BCUT2D eigenvalue weighted by atomic mass is 16.1. The number of tetrazole rings is 1. The predicted octanol–water partition coefficient (Wildman–Crippen LogP) is -0.259. The SMILES string of the molecule is NCCCNC(=O)c1ccccc1-n1cnnn1. The van der Waals surface area contributed by atoms with E-state index in [4.69, 9.17) is 5.73 Å². The summed E-state index contributed by atoms with van der Waals surface area (Å²) in [6.45, 7) is 1.11. The molecule has 0 saturated heterocycles. The molecule has 1 heterocycles. The number of carbonyl (C=O) groups is 1. The van der Waals surface area contributed by atoms with Crippen LogP contribution in [0.15, 0.2) is 30.6 Å². The van der Waals surface area contributed by atoms with E-state index in [0.29, 0.717) is 24.3 Å². The molecule has 0 aliphatic heterocycles. The van der Waals surface area contributed by atoms with Gasteiger partial charge in [0.2, 0.25) is 0 Å². The third-order valence-electron chi connectivity index (χ3n) is 2.41. The van der Waals surface area contributed by atoms with Gasteiger partial charge in [-0.05, 0) is 35.5 Å². The molecule has 0 unspecified atom stereocenters. The molecule has 94 valence electrons. The van der Waals surface area contributed by atoms with Gasteiger partial charge in [0.1, 0.15) is 6.33 Å². The van der Waals surface area contributed by atoms with Crippen LogP contribution in [0.2, 0.25) is 0 Å². The van der Waals surface area contributed by atoms with Crippen LogP contribution in [0, 0.1) is 0 Å². The van der Waals surface area contributed by atoms with Crippen LogP contribution in [0.5, 0.6) is 0 Å². The lowest BCUT2D eigenvalue weighted by Gasteiger charge is -2.08. The maximum absolute atomic E-state index is 12.0. The van der Waals surface area contributed by atoms with E-state index in [-0.39, 0.29) is 5.91 Å². The summed E-state index contributed by atoms with van der Waals surface area (Å²) < 4.78 is 1.46. The van der Waals surface area contributed by atoms with Crippen molar-refractivity contribution in [2.45, 2.75) is 6.42 Å². The number of rotatable bonds is 5. The zero-order chi connectivity index (χ0) is 12.8. The van der Waals surface area contributed by atoms with Crippen molar-refractivity contribution in [3.8, 4) is 5.69 Å². The summed E-state index contributed by atoms with van der Waals surface area (Å²) in [6.07, 6.45) is 2.20. The molecule has 7 nitrogen and oxygen atoms in total. The van der Waals surface area contributed by atoms with Crippen LogP contribution in [-0.2, 0) is 0 Å². The average Bonchev–Trinajstić information content (AvgIpc) is 2.93. The zero-order valence-corrected chi connectivity index (χ0v) is 9.78. The summed E-state index contributed by atoms with van der Waals surface area (Å²) in [7, 11) is 0. The minimum Gasteiger partial charge on any atom is -0.352 e. The van der Waals surface area contributed by atoms with E-state index in [1.54, 1.807) is 18.2 Å². The Hall–Kier alpha value is -2.28. The van der Waals surface area contributed by atoms with Crippen LogP contribution < -0.4 is 11.1 Å². The molecule has 18 heavy (non-hydrogen) atoms. The Kier molecular flexibility index (Phi) is 3.98. The molecule has 0 radical (unpaired) electrons. The highest BCUT2D eigenvalue weighted by Crippen LogP contribution is 2.12. The first-order valence-electron chi connectivity index (χ1n) is 5.63. The Balaban J connectivity index is 2.20. The molecule has 7 heteroatoms. The lowest BCUT2D eigenvalue weighted by Crippen LogP contribution is -2.27. The van der Waals surface area contributed by atoms with Gasteiger partial charge in [0.05, 0.1) is 11.3 Å². The van der Waals surface area contributed by atoms with Crippen LogP contribution in [0.3, 0.4) is 0 Å². The van der Waals surface area contributed by atoms with Crippen LogP contribution >= 0.6 is 0 Å². The molecule has 0 fully saturated rings. The van der Waals surface area contributed by atoms with Crippen LogP contribution in [0.25, 0.3) is 5.69 Å². The average molecular weight is 246 g/mol. The fraction of sp³-hybridized carbons (Fsp3) is 0.273. The van der Waals surface area contributed by atoms with E-state index in [1.165, 1.54) is 11.0 Å². The molecule has 3 N–H and O–H groups in total. The second kappa shape index (κ2) is 5.87. The Bertz CT molecular complexity index is 510. The summed E-state index contributed by atoms with van der Waals surface area (Å²) in [4.78, 5) is 12.0. The first-order chi connectivity index (χ1) is 8.83. The minimum absolute atomic E-state index is 0.158. The van der Waals surface area contributed by atoms with Crippen LogP contribution in [0.4, 0.5) is 0 Å². The van der Waals surface area contributed by atoms with E-state index in [9.17, 15) is 4.79 Å². The summed E-state index contributed by atoms with van der Waals surface area (Å²) in [5.74, 6) is -0.158. The van der Waals surface area contributed by atoms with Crippen molar-refractivity contribution in [3.05, 3.63) is 36.2 Å². The molecule has 2 rings (SSSR count). The second-order valence-electron chi connectivity index (χ2n) is 3.67. The van der Waals surface area contributed by atoms with Crippen molar-refractivity contribution in [1.29, 1.82) is 0 Å². The topological polar surface area (TPSA) is 98.7 Å². The summed E-state index contributed by atoms with van der Waals surface area (Å²) >= 11 is 0. The Morgan fingerprint density at radius 1 is 1.39 bits per heavy atom. The van der Waals surface area contributed by atoms with Crippen molar-refractivity contribution in [2.24, 2.45) is 5.73 Å². The highest BCUT2D eigenvalue weighted by Gasteiger charge is 2.12. The molecule has 0 atom stereocenters. The van der Waals surface area contributed by atoms with Gasteiger partial charge >= 0.3 is 0 Å². The first-order valence-corrected chi connectivity index (χ1v) is 5.63. The molecular weight excluding hydrogens is 232 g/mol. The summed E-state index contributed by atoms with van der Waals surface area (Å²) in [5.41, 5.74) is 6.55. The molecule has 2 aromatic rings. The van der Waals surface area contributed by atoms with Gasteiger partial charge < -0.3 is 11.1 Å². The van der Waals surface area contributed by atoms with E-state index in [0.717, 1.165) is 6.42 Å². The van der Waals surface area contributed by atoms with E-state index < -0.39 is 0 Å². The van der Waals surface area contributed by atoms with Gasteiger partial charge in [-0.15, -0.1) is 5.10 Å². The van der Waals surface area contributed by atoms with E-state index in [2.05, 4.69) is 20.8 Å². The molecular formula is C11H14N6O. The smallest absolute Gasteiger partial charge is 0.253 e. The van der Waals surface area contributed by atoms with Crippen LogP contribution in [0.1, 0.15) is 16.8 Å². The van der Waals surface area contributed by atoms with E-state index in [1.807, 2.05) is 6.07 Å². The van der Waals surface area contributed by atoms with Gasteiger partial charge in [0.15, 0.2) is 0 Å². The quantitative estimate of drug-likeness (QED) is 0.708. The normalized spacial score (nSPS) is 10.3. The second-order valence-corrected chi connectivity index (χ2v) is 3.67. The van der Waals surface area contributed by atoms with Gasteiger partial charge in [0.25, 0.3) is 5.91 Å². The number of hydrogen-bond donors (Lipinski definition) is 2. The van der Waals surface area contributed by atoms with Gasteiger partial charge in [-0.3, -0.25) is 4.79 Å². The third kappa shape index (κ3) is 2.69. The molecule has 1 aromatic carbocycles. The summed E-state index contributed by atoms with van der Waals surface area (Å²) in [5, 5.41) is 13.7. The van der Waals surface area contributed by atoms with Gasteiger partial charge in [-0.25, -0.2) is 0 Å². The Labute approximate surface area is 104 Å². The van der Waals surface area contributed by atoms with Gasteiger partial charge in [-0.2, -0.15) is 4.68 Å². The highest BCUT2D eigenvalue weighted by molar-refractivity contribution is 5.97.